The molecule has 0 aliphatic carbocycles. The molecule has 0 bridgehead atoms. The third kappa shape index (κ3) is 2.74. The Morgan fingerprint density at radius 1 is 1.30 bits per heavy atom. The highest BCUT2D eigenvalue weighted by Gasteiger charge is 2.20. The van der Waals surface area contributed by atoms with Crippen LogP contribution in [0.5, 0.6) is 0 Å². The Bertz CT molecular complexity index is 555. The first-order valence-corrected chi connectivity index (χ1v) is 7.64. The quantitative estimate of drug-likeness (QED) is 0.927. The molecule has 0 saturated carbocycles. The average molecular weight is 290 g/mol. The standard InChI is InChI=1S/C16H20ClN3/c1-12(13-5-7-14(17)8-6-13)20-11-18-10-16(20)15-4-2-3-9-19-15/h5-8,10-12,15,19H,2-4,9H2,1H3. The van der Waals surface area contributed by atoms with Crippen LogP contribution in [0.4, 0.5) is 0 Å². The fourth-order valence-corrected chi connectivity index (χ4v) is 3.04. The molecule has 2 aromatic rings. The number of nitrogens with zero attached hydrogens (tertiary/aromatic N) is 2. The highest BCUT2D eigenvalue weighted by molar-refractivity contribution is 6.30. The van der Waals surface area contributed by atoms with E-state index in [1.54, 1.807) is 0 Å². The summed E-state index contributed by atoms with van der Waals surface area (Å²) in [4.78, 5) is 4.36. The van der Waals surface area contributed by atoms with Gasteiger partial charge in [-0.15, -0.1) is 0 Å². The largest absolute Gasteiger partial charge is 0.326 e. The number of piperidine rings is 1. The molecule has 1 N–H and O–H groups in total. The molecule has 1 aliphatic heterocycles. The monoisotopic (exact) mass is 289 g/mol. The van der Waals surface area contributed by atoms with Crippen molar-refractivity contribution in [1.82, 2.24) is 14.9 Å². The number of rotatable bonds is 3. The molecule has 2 heterocycles. The topological polar surface area (TPSA) is 29.9 Å². The summed E-state index contributed by atoms with van der Waals surface area (Å²) >= 11 is 5.97. The molecule has 4 heteroatoms. The van der Waals surface area contributed by atoms with Gasteiger partial charge in [-0.05, 0) is 44.0 Å². The third-order valence-electron chi connectivity index (χ3n) is 4.13. The van der Waals surface area contributed by atoms with E-state index in [9.17, 15) is 0 Å². The summed E-state index contributed by atoms with van der Waals surface area (Å²) < 4.78 is 2.27. The van der Waals surface area contributed by atoms with E-state index in [1.807, 2.05) is 24.7 Å². The van der Waals surface area contributed by atoms with Gasteiger partial charge in [-0.2, -0.15) is 0 Å². The van der Waals surface area contributed by atoms with Crippen LogP contribution in [0.15, 0.2) is 36.8 Å². The fourth-order valence-electron chi connectivity index (χ4n) is 2.91. The van der Waals surface area contributed by atoms with Crippen LogP contribution in [0.25, 0.3) is 0 Å². The molecule has 1 fully saturated rings. The van der Waals surface area contributed by atoms with Gasteiger partial charge < -0.3 is 9.88 Å². The van der Waals surface area contributed by atoms with Gasteiger partial charge in [0.15, 0.2) is 0 Å². The number of hydrogen-bond acceptors (Lipinski definition) is 2. The molecular formula is C16H20ClN3. The van der Waals surface area contributed by atoms with Gasteiger partial charge in [0.25, 0.3) is 0 Å². The van der Waals surface area contributed by atoms with Crippen LogP contribution in [-0.2, 0) is 0 Å². The number of nitrogens with one attached hydrogen (secondary N) is 1. The zero-order chi connectivity index (χ0) is 13.9. The Hall–Kier alpha value is -1.32. The van der Waals surface area contributed by atoms with Crippen molar-refractivity contribution in [2.45, 2.75) is 38.3 Å². The van der Waals surface area contributed by atoms with Gasteiger partial charge in [-0.1, -0.05) is 30.2 Å². The molecule has 2 unspecified atom stereocenters. The second-order valence-electron chi connectivity index (χ2n) is 5.46. The van der Waals surface area contributed by atoms with Gasteiger partial charge >= 0.3 is 0 Å². The average Bonchev–Trinajstić information content (AvgIpc) is 2.97. The predicted octanol–water partition coefficient (Wildman–Crippen LogP) is 3.96. The zero-order valence-electron chi connectivity index (χ0n) is 11.7. The fraction of sp³-hybridized carbons (Fsp3) is 0.438. The van der Waals surface area contributed by atoms with Crippen LogP contribution >= 0.6 is 11.6 Å². The number of aromatic nitrogens is 2. The van der Waals surface area contributed by atoms with Crippen LogP contribution in [0.3, 0.4) is 0 Å². The smallest absolute Gasteiger partial charge is 0.0954 e. The molecule has 0 amide bonds. The lowest BCUT2D eigenvalue weighted by Crippen LogP contribution is -2.29. The highest BCUT2D eigenvalue weighted by Crippen LogP contribution is 2.27. The number of halogens is 1. The molecule has 0 spiro atoms. The number of benzene rings is 1. The Kier molecular flexibility index (Phi) is 4.08. The first-order valence-electron chi connectivity index (χ1n) is 7.26. The van der Waals surface area contributed by atoms with Crippen molar-refractivity contribution >= 4 is 11.6 Å². The van der Waals surface area contributed by atoms with Crippen LogP contribution < -0.4 is 5.32 Å². The molecular weight excluding hydrogens is 270 g/mol. The highest BCUT2D eigenvalue weighted by atomic mass is 35.5. The van der Waals surface area contributed by atoms with E-state index in [1.165, 1.54) is 30.5 Å². The minimum Gasteiger partial charge on any atom is -0.326 e. The summed E-state index contributed by atoms with van der Waals surface area (Å²) in [6, 6.07) is 8.77. The maximum Gasteiger partial charge on any atom is 0.0954 e. The summed E-state index contributed by atoms with van der Waals surface area (Å²) in [7, 11) is 0. The lowest BCUT2D eigenvalue weighted by Gasteiger charge is -2.26. The summed E-state index contributed by atoms with van der Waals surface area (Å²) in [6.07, 6.45) is 7.69. The second-order valence-corrected chi connectivity index (χ2v) is 5.89. The maximum absolute atomic E-state index is 5.97. The lowest BCUT2D eigenvalue weighted by molar-refractivity contribution is 0.389. The van der Waals surface area contributed by atoms with E-state index < -0.39 is 0 Å². The summed E-state index contributed by atoms with van der Waals surface area (Å²) in [5.74, 6) is 0. The van der Waals surface area contributed by atoms with Crippen molar-refractivity contribution in [1.29, 1.82) is 0 Å². The SMILES string of the molecule is CC(c1ccc(Cl)cc1)n1cncc1C1CCCCN1. The minimum atomic E-state index is 0.272. The van der Waals surface area contributed by atoms with Crippen molar-refractivity contribution in [3.63, 3.8) is 0 Å². The van der Waals surface area contributed by atoms with E-state index in [2.05, 4.69) is 33.9 Å². The molecule has 1 saturated heterocycles. The van der Waals surface area contributed by atoms with Gasteiger partial charge in [0.2, 0.25) is 0 Å². The Morgan fingerprint density at radius 3 is 2.80 bits per heavy atom. The first kappa shape index (κ1) is 13.7. The van der Waals surface area contributed by atoms with Crippen molar-refractivity contribution in [2.75, 3.05) is 6.54 Å². The molecule has 3 rings (SSSR count). The van der Waals surface area contributed by atoms with Gasteiger partial charge in [-0.25, -0.2) is 4.98 Å². The van der Waals surface area contributed by atoms with Crippen LogP contribution in [0, 0.1) is 0 Å². The van der Waals surface area contributed by atoms with E-state index in [-0.39, 0.29) is 6.04 Å². The number of imidazole rings is 1. The minimum absolute atomic E-state index is 0.272. The van der Waals surface area contributed by atoms with E-state index in [4.69, 9.17) is 11.6 Å². The molecule has 3 nitrogen and oxygen atoms in total. The Balaban J connectivity index is 1.86. The van der Waals surface area contributed by atoms with E-state index >= 15 is 0 Å². The van der Waals surface area contributed by atoms with Gasteiger partial charge in [0.05, 0.1) is 18.1 Å². The van der Waals surface area contributed by atoms with E-state index in [0.717, 1.165) is 11.6 Å². The van der Waals surface area contributed by atoms with Crippen molar-refractivity contribution in [2.24, 2.45) is 0 Å². The summed E-state index contributed by atoms with van der Waals surface area (Å²) in [5, 5.41) is 4.37. The zero-order valence-corrected chi connectivity index (χ0v) is 12.5. The van der Waals surface area contributed by atoms with Gasteiger partial charge in [0, 0.05) is 17.3 Å². The first-order chi connectivity index (χ1) is 9.75. The maximum atomic E-state index is 5.97. The van der Waals surface area contributed by atoms with Gasteiger partial charge in [0.1, 0.15) is 0 Å². The van der Waals surface area contributed by atoms with Crippen LogP contribution in [-0.4, -0.2) is 16.1 Å². The summed E-state index contributed by atoms with van der Waals surface area (Å²) in [5.41, 5.74) is 2.54. The summed E-state index contributed by atoms with van der Waals surface area (Å²) in [6.45, 7) is 3.31. The van der Waals surface area contributed by atoms with Crippen molar-refractivity contribution in [3.05, 3.63) is 53.1 Å². The molecule has 1 aromatic heterocycles. The molecule has 2 atom stereocenters. The molecule has 1 aromatic carbocycles. The van der Waals surface area contributed by atoms with Crippen molar-refractivity contribution < 1.29 is 0 Å². The van der Waals surface area contributed by atoms with Crippen LogP contribution in [0.2, 0.25) is 5.02 Å². The molecule has 0 radical (unpaired) electrons. The molecule has 106 valence electrons. The second kappa shape index (κ2) is 5.98. The molecule has 1 aliphatic rings. The third-order valence-corrected chi connectivity index (χ3v) is 4.38. The van der Waals surface area contributed by atoms with Crippen molar-refractivity contribution in [3.8, 4) is 0 Å². The normalized spacial score (nSPS) is 20.8. The van der Waals surface area contributed by atoms with E-state index in [0.29, 0.717) is 6.04 Å². The predicted molar refractivity (Wildman–Crippen MR) is 82.1 cm³/mol. The Morgan fingerprint density at radius 2 is 2.10 bits per heavy atom. The van der Waals surface area contributed by atoms with Gasteiger partial charge in [-0.3, -0.25) is 0 Å². The molecule has 20 heavy (non-hydrogen) atoms. The number of hydrogen-bond donors (Lipinski definition) is 1. The lowest BCUT2D eigenvalue weighted by atomic mass is 10.0. The Labute approximate surface area is 125 Å². The van der Waals surface area contributed by atoms with Crippen LogP contribution in [0.1, 0.15) is 49.5 Å².